The van der Waals surface area contributed by atoms with Gasteiger partial charge in [-0.15, -0.1) is 0 Å². The summed E-state index contributed by atoms with van der Waals surface area (Å²) in [5, 5.41) is 0. The van der Waals surface area contributed by atoms with Crippen molar-refractivity contribution in [1.82, 2.24) is 0 Å². The van der Waals surface area contributed by atoms with Gasteiger partial charge in [0, 0.05) is 5.56 Å². The average Bonchev–Trinajstić information content (AvgIpc) is 2.50. The van der Waals surface area contributed by atoms with Crippen LogP contribution in [0.3, 0.4) is 0 Å². The van der Waals surface area contributed by atoms with Crippen LogP contribution in [0.25, 0.3) is 11.1 Å². The molecule has 0 aromatic heterocycles. The normalized spacial score (nSPS) is 11.2. The Kier molecular flexibility index (Phi) is 6.30. The maximum absolute atomic E-state index is 12.8. The number of halogens is 5. The Balaban J connectivity index is 0.00000127. The molecule has 0 aliphatic carbocycles. The minimum atomic E-state index is -4.65. The van der Waals surface area contributed by atoms with Crippen LogP contribution in [0, 0.1) is 13.8 Å². The van der Waals surface area contributed by atoms with E-state index in [0.29, 0.717) is 11.6 Å². The van der Waals surface area contributed by atoms with Crippen LogP contribution in [-0.2, 0) is 6.18 Å². The molecule has 2 aromatic carbocycles. The van der Waals surface area contributed by atoms with Crippen molar-refractivity contribution in [3.63, 3.8) is 0 Å². The second kappa shape index (κ2) is 7.57. The molecule has 0 N–H and O–H groups in total. The first-order chi connectivity index (χ1) is 10.7. The molecule has 0 nitrogen and oxygen atoms in total. The van der Waals surface area contributed by atoms with Crippen LogP contribution in [0.4, 0.5) is 22.0 Å². The van der Waals surface area contributed by atoms with E-state index in [4.69, 9.17) is 0 Å². The summed E-state index contributed by atoms with van der Waals surface area (Å²) in [6.45, 7) is 7.69. The van der Waals surface area contributed by atoms with Gasteiger partial charge < -0.3 is 0 Å². The first-order valence-corrected chi connectivity index (χ1v) is 7.26. The van der Waals surface area contributed by atoms with Crippen molar-refractivity contribution in [1.29, 1.82) is 0 Å². The van der Waals surface area contributed by atoms with E-state index in [-0.39, 0.29) is 5.56 Å². The van der Waals surface area contributed by atoms with Crippen molar-refractivity contribution < 1.29 is 22.0 Å². The highest BCUT2D eigenvalue weighted by Crippen LogP contribution is 2.36. The van der Waals surface area contributed by atoms with Gasteiger partial charge in [0.25, 0.3) is 6.43 Å². The third kappa shape index (κ3) is 4.78. The summed E-state index contributed by atoms with van der Waals surface area (Å²) >= 11 is 0. The Labute approximate surface area is 133 Å². The van der Waals surface area contributed by atoms with Crippen molar-refractivity contribution in [2.75, 3.05) is 0 Å². The Morgan fingerprint density at radius 2 is 1.39 bits per heavy atom. The van der Waals surface area contributed by atoms with Gasteiger partial charge in [-0.1, -0.05) is 32.0 Å². The summed E-state index contributed by atoms with van der Waals surface area (Å²) in [5.74, 6) is 0. The molecule has 0 amide bonds. The molecule has 0 unspecified atom stereocenters. The van der Waals surface area contributed by atoms with E-state index < -0.39 is 23.7 Å². The van der Waals surface area contributed by atoms with Crippen molar-refractivity contribution in [2.24, 2.45) is 0 Å². The van der Waals surface area contributed by atoms with E-state index >= 15 is 0 Å². The lowest BCUT2D eigenvalue weighted by Gasteiger charge is -2.13. The van der Waals surface area contributed by atoms with Gasteiger partial charge in [-0.05, 0) is 54.3 Å². The van der Waals surface area contributed by atoms with Crippen LogP contribution in [0.1, 0.15) is 42.5 Å². The third-order valence-electron chi connectivity index (χ3n) is 3.37. The molecule has 0 atom stereocenters. The second-order valence-electron chi connectivity index (χ2n) is 4.94. The molecular formula is C18H19F5. The zero-order valence-electron chi connectivity index (χ0n) is 13.4. The van der Waals surface area contributed by atoms with Gasteiger partial charge in [-0.25, -0.2) is 8.78 Å². The summed E-state index contributed by atoms with van der Waals surface area (Å²) < 4.78 is 64.1. The fourth-order valence-corrected chi connectivity index (χ4v) is 2.03. The molecule has 0 aliphatic heterocycles. The van der Waals surface area contributed by atoms with Gasteiger partial charge in [0.15, 0.2) is 0 Å². The van der Waals surface area contributed by atoms with Crippen LogP contribution in [-0.4, -0.2) is 0 Å². The molecule has 5 heteroatoms. The smallest absolute Gasteiger partial charge is 0.205 e. The van der Waals surface area contributed by atoms with E-state index in [0.717, 1.165) is 23.3 Å². The van der Waals surface area contributed by atoms with Crippen molar-refractivity contribution in [2.45, 2.75) is 40.3 Å². The summed E-state index contributed by atoms with van der Waals surface area (Å²) in [6.07, 6.45) is -7.60. The highest BCUT2D eigenvalue weighted by molar-refractivity contribution is 5.67. The fraction of sp³-hybridized carbons (Fsp3) is 0.333. The highest BCUT2D eigenvalue weighted by Gasteiger charge is 2.32. The predicted molar refractivity (Wildman–Crippen MR) is 82.7 cm³/mol. The molecule has 2 aromatic rings. The summed E-state index contributed by atoms with van der Waals surface area (Å²) in [5.41, 5.74) is 0.823. The Morgan fingerprint density at radius 1 is 0.783 bits per heavy atom. The third-order valence-corrected chi connectivity index (χ3v) is 3.37. The zero-order chi connectivity index (χ0) is 17.8. The van der Waals surface area contributed by atoms with Crippen LogP contribution < -0.4 is 0 Å². The molecule has 0 saturated heterocycles. The number of hydrogen-bond acceptors (Lipinski definition) is 0. The zero-order valence-corrected chi connectivity index (χ0v) is 13.4. The number of aryl methyl sites for hydroxylation is 2. The minimum Gasteiger partial charge on any atom is -0.205 e. The standard InChI is InChI=1S/C16H13F5.C2H6/c1-9-3-4-11(5-10(9)2)12-6-13(15(17)18)8-14(7-12)16(19,20)21;1-2/h3-8,15H,1-2H3;1-2H3. The van der Waals surface area contributed by atoms with Gasteiger partial charge in [0.05, 0.1) is 5.56 Å². The topological polar surface area (TPSA) is 0 Å². The summed E-state index contributed by atoms with van der Waals surface area (Å²) in [7, 11) is 0. The SMILES string of the molecule is CC.Cc1ccc(-c2cc(C(F)F)cc(C(F)(F)F)c2)cc1C. The Morgan fingerprint density at radius 3 is 1.87 bits per heavy atom. The van der Waals surface area contributed by atoms with Gasteiger partial charge >= 0.3 is 6.18 Å². The largest absolute Gasteiger partial charge is 0.416 e. The fourth-order valence-electron chi connectivity index (χ4n) is 2.03. The van der Waals surface area contributed by atoms with E-state index in [1.807, 2.05) is 27.7 Å². The molecule has 0 bridgehead atoms. The molecule has 23 heavy (non-hydrogen) atoms. The maximum atomic E-state index is 12.8. The molecule has 2 rings (SSSR count). The second-order valence-corrected chi connectivity index (χ2v) is 4.94. The molecule has 0 spiro atoms. The number of benzene rings is 2. The monoisotopic (exact) mass is 330 g/mol. The number of rotatable bonds is 2. The number of hydrogen-bond donors (Lipinski definition) is 0. The summed E-state index contributed by atoms with van der Waals surface area (Å²) in [6, 6.07) is 7.58. The first kappa shape index (κ1) is 19.1. The van der Waals surface area contributed by atoms with Crippen molar-refractivity contribution in [3.8, 4) is 11.1 Å². The lowest BCUT2D eigenvalue weighted by molar-refractivity contribution is -0.137. The molecule has 0 radical (unpaired) electrons. The summed E-state index contributed by atoms with van der Waals surface area (Å²) in [4.78, 5) is 0. The number of alkyl halides is 5. The minimum absolute atomic E-state index is 0.142. The van der Waals surface area contributed by atoms with Gasteiger partial charge in [-0.2, -0.15) is 13.2 Å². The van der Waals surface area contributed by atoms with Crippen molar-refractivity contribution in [3.05, 3.63) is 58.7 Å². The Hall–Kier alpha value is -1.91. The molecule has 0 fully saturated rings. The van der Waals surface area contributed by atoms with Crippen LogP contribution in [0.15, 0.2) is 36.4 Å². The lowest BCUT2D eigenvalue weighted by atomic mass is 9.97. The highest BCUT2D eigenvalue weighted by atomic mass is 19.4. The molecule has 0 heterocycles. The van der Waals surface area contributed by atoms with E-state index in [1.54, 1.807) is 18.2 Å². The van der Waals surface area contributed by atoms with Crippen LogP contribution >= 0.6 is 0 Å². The quantitative estimate of drug-likeness (QED) is 0.522. The first-order valence-electron chi connectivity index (χ1n) is 7.26. The van der Waals surface area contributed by atoms with Gasteiger partial charge in [0.2, 0.25) is 0 Å². The lowest BCUT2D eigenvalue weighted by Crippen LogP contribution is -2.06. The van der Waals surface area contributed by atoms with E-state index in [1.165, 1.54) is 0 Å². The maximum Gasteiger partial charge on any atom is 0.416 e. The molecular weight excluding hydrogens is 311 g/mol. The van der Waals surface area contributed by atoms with Gasteiger partial charge in [0.1, 0.15) is 0 Å². The molecule has 0 saturated carbocycles. The van der Waals surface area contributed by atoms with E-state index in [9.17, 15) is 22.0 Å². The Bertz CT molecular complexity index is 657. The molecule has 0 aliphatic rings. The average molecular weight is 330 g/mol. The van der Waals surface area contributed by atoms with E-state index in [2.05, 4.69) is 0 Å². The van der Waals surface area contributed by atoms with Crippen LogP contribution in [0.5, 0.6) is 0 Å². The van der Waals surface area contributed by atoms with Gasteiger partial charge in [-0.3, -0.25) is 0 Å². The van der Waals surface area contributed by atoms with Crippen LogP contribution in [0.2, 0.25) is 0 Å². The predicted octanol–water partition coefficient (Wildman–Crippen LogP) is 6.95. The molecule has 126 valence electrons. The van der Waals surface area contributed by atoms with Crippen molar-refractivity contribution >= 4 is 0 Å².